The number of carbonyl (C=O) groups is 1. The fourth-order valence-corrected chi connectivity index (χ4v) is 2.27. The van der Waals surface area contributed by atoms with Crippen LogP contribution in [0.1, 0.15) is 24.1 Å². The van der Waals surface area contributed by atoms with Crippen LogP contribution in [0.2, 0.25) is 0 Å². The van der Waals surface area contributed by atoms with Gasteiger partial charge in [-0.25, -0.2) is 4.98 Å². The van der Waals surface area contributed by atoms with Gasteiger partial charge in [0.1, 0.15) is 5.82 Å². The van der Waals surface area contributed by atoms with E-state index in [9.17, 15) is 9.59 Å². The lowest BCUT2D eigenvalue weighted by Gasteiger charge is -2.08. The number of aryl methyl sites for hydroxylation is 1. The van der Waals surface area contributed by atoms with Gasteiger partial charge in [-0.3, -0.25) is 14.6 Å². The Morgan fingerprint density at radius 1 is 1.36 bits per heavy atom. The summed E-state index contributed by atoms with van der Waals surface area (Å²) in [5.41, 5.74) is 1.53. The largest absolute Gasteiger partial charge is 0.356 e. The van der Waals surface area contributed by atoms with Gasteiger partial charge in [0.2, 0.25) is 5.91 Å². The molecule has 0 spiro atoms. The molecule has 1 aliphatic rings. The zero-order valence-corrected chi connectivity index (χ0v) is 12.4. The first-order valence-electron chi connectivity index (χ1n) is 7.40. The lowest BCUT2D eigenvalue weighted by Crippen LogP contribution is -2.30. The van der Waals surface area contributed by atoms with Crippen LogP contribution in [0.5, 0.6) is 0 Å². The normalized spacial score (nSPS) is 13.9. The van der Waals surface area contributed by atoms with Gasteiger partial charge >= 0.3 is 0 Å². The van der Waals surface area contributed by atoms with E-state index >= 15 is 0 Å². The van der Waals surface area contributed by atoms with Crippen LogP contribution in [0.25, 0.3) is 11.4 Å². The number of pyridine rings is 1. The maximum absolute atomic E-state index is 12.2. The van der Waals surface area contributed by atoms with E-state index in [-0.39, 0.29) is 17.9 Å². The molecule has 3 rings (SSSR count). The van der Waals surface area contributed by atoms with E-state index in [0.29, 0.717) is 29.5 Å². The first-order chi connectivity index (χ1) is 10.6. The maximum atomic E-state index is 12.2. The van der Waals surface area contributed by atoms with Crippen molar-refractivity contribution < 1.29 is 4.79 Å². The van der Waals surface area contributed by atoms with Crippen LogP contribution in [-0.2, 0) is 11.2 Å². The number of carbonyl (C=O) groups excluding carboxylic acids is 1. The molecular weight excluding hydrogens is 280 g/mol. The van der Waals surface area contributed by atoms with E-state index in [1.807, 2.05) is 0 Å². The van der Waals surface area contributed by atoms with Gasteiger partial charge in [-0.1, -0.05) is 0 Å². The van der Waals surface area contributed by atoms with Gasteiger partial charge in [0.15, 0.2) is 0 Å². The summed E-state index contributed by atoms with van der Waals surface area (Å²) in [6.07, 6.45) is 5.72. The fraction of sp³-hybridized carbons (Fsp3) is 0.375. The Morgan fingerprint density at radius 3 is 2.73 bits per heavy atom. The van der Waals surface area contributed by atoms with Gasteiger partial charge in [-0.05, 0) is 37.8 Å². The minimum atomic E-state index is -0.263. The van der Waals surface area contributed by atoms with E-state index < -0.39 is 0 Å². The summed E-state index contributed by atoms with van der Waals surface area (Å²) in [6, 6.07) is 3.56. The van der Waals surface area contributed by atoms with Gasteiger partial charge in [0.05, 0.1) is 6.42 Å². The molecule has 1 amide bonds. The Labute approximate surface area is 128 Å². The summed E-state index contributed by atoms with van der Waals surface area (Å²) in [6.45, 7) is 2.46. The molecule has 6 nitrogen and oxygen atoms in total. The fourth-order valence-electron chi connectivity index (χ4n) is 2.27. The molecule has 0 saturated heterocycles. The average Bonchev–Trinajstić information content (AvgIpc) is 3.34. The lowest BCUT2D eigenvalue weighted by atomic mass is 10.1. The third kappa shape index (κ3) is 3.39. The highest BCUT2D eigenvalue weighted by molar-refractivity contribution is 5.78. The first-order valence-corrected chi connectivity index (χ1v) is 7.40. The zero-order chi connectivity index (χ0) is 15.5. The number of aromatic amines is 1. The summed E-state index contributed by atoms with van der Waals surface area (Å²) in [5, 5.41) is 2.87. The standard InChI is InChI=1S/C16H18N4O2/c1-10-13(8-14(21)18-9-11-2-3-11)16(22)20-15(19-10)12-4-6-17-7-5-12/h4-7,11H,2-3,8-9H2,1H3,(H,18,21)(H,19,20,22). The maximum Gasteiger partial charge on any atom is 0.255 e. The highest BCUT2D eigenvalue weighted by Gasteiger charge is 2.22. The number of amides is 1. The van der Waals surface area contributed by atoms with Crippen molar-refractivity contribution in [2.75, 3.05) is 6.54 Å². The summed E-state index contributed by atoms with van der Waals surface area (Å²) in [5.74, 6) is 0.988. The van der Waals surface area contributed by atoms with E-state index in [1.54, 1.807) is 31.5 Å². The van der Waals surface area contributed by atoms with Crippen LogP contribution in [0.3, 0.4) is 0 Å². The summed E-state index contributed by atoms with van der Waals surface area (Å²) in [4.78, 5) is 35.2. The summed E-state index contributed by atoms with van der Waals surface area (Å²) >= 11 is 0. The molecule has 6 heteroatoms. The lowest BCUT2D eigenvalue weighted by molar-refractivity contribution is -0.120. The van der Waals surface area contributed by atoms with Crippen molar-refractivity contribution in [3.8, 4) is 11.4 Å². The molecular formula is C16H18N4O2. The molecule has 0 aliphatic heterocycles. The smallest absolute Gasteiger partial charge is 0.255 e. The molecule has 2 aromatic heterocycles. The Bertz CT molecular complexity index is 736. The van der Waals surface area contributed by atoms with Crippen LogP contribution in [-0.4, -0.2) is 27.4 Å². The van der Waals surface area contributed by atoms with Crippen LogP contribution in [0.15, 0.2) is 29.3 Å². The molecule has 0 atom stereocenters. The van der Waals surface area contributed by atoms with Crippen molar-refractivity contribution >= 4 is 5.91 Å². The topological polar surface area (TPSA) is 87.7 Å². The average molecular weight is 298 g/mol. The molecule has 1 fully saturated rings. The van der Waals surface area contributed by atoms with E-state index in [4.69, 9.17) is 0 Å². The number of H-pyrrole nitrogens is 1. The summed E-state index contributed by atoms with van der Waals surface area (Å²) < 4.78 is 0. The van der Waals surface area contributed by atoms with Crippen molar-refractivity contribution in [1.29, 1.82) is 0 Å². The van der Waals surface area contributed by atoms with Crippen molar-refractivity contribution in [2.24, 2.45) is 5.92 Å². The van der Waals surface area contributed by atoms with Crippen molar-refractivity contribution in [3.05, 3.63) is 46.1 Å². The monoisotopic (exact) mass is 298 g/mol. The molecule has 0 unspecified atom stereocenters. The molecule has 0 radical (unpaired) electrons. The quantitative estimate of drug-likeness (QED) is 0.868. The molecule has 0 aromatic carbocycles. The number of aromatic nitrogens is 3. The zero-order valence-electron chi connectivity index (χ0n) is 12.4. The minimum Gasteiger partial charge on any atom is -0.356 e. The van der Waals surface area contributed by atoms with Crippen molar-refractivity contribution in [2.45, 2.75) is 26.2 Å². The van der Waals surface area contributed by atoms with Crippen LogP contribution in [0.4, 0.5) is 0 Å². The predicted molar refractivity (Wildman–Crippen MR) is 82.3 cm³/mol. The third-order valence-corrected chi connectivity index (χ3v) is 3.80. The minimum absolute atomic E-state index is 0.0670. The van der Waals surface area contributed by atoms with Gasteiger partial charge in [0.25, 0.3) is 5.56 Å². The highest BCUT2D eigenvalue weighted by Crippen LogP contribution is 2.27. The van der Waals surface area contributed by atoms with Crippen LogP contribution < -0.4 is 10.9 Å². The van der Waals surface area contributed by atoms with Crippen LogP contribution in [0, 0.1) is 12.8 Å². The van der Waals surface area contributed by atoms with E-state index in [0.717, 1.165) is 5.56 Å². The number of hydrogen-bond acceptors (Lipinski definition) is 4. The number of hydrogen-bond donors (Lipinski definition) is 2. The van der Waals surface area contributed by atoms with Gasteiger partial charge < -0.3 is 10.3 Å². The molecule has 22 heavy (non-hydrogen) atoms. The Balaban J connectivity index is 1.77. The SMILES string of the molecule is Cc1nc(-c2ccncc2)[nH]c(=O)c1CC(=O)NCC1CC1. The van der Waals surface area contributed by atoms with Crippen LogP contribution >= 0.6 is 0 Å². The second kappa shape index (κ2) is 6.09. The Kier molecular flexibility index (Phi) is 4.00. The Morgan fingerprint density at radius 2 is 2.09 bits per heavy atom. The molecule has 1 saturated carbocycles. The number of nitrogens with zero attached hydrogens (tertiary/aromatic N) is 2. The second-order valence-corrected chi connectivity index (χ2v) is 5.64. The second-order valence-electron chi connectivity index (χ2n) is 5.64. The third-order valence-electron chi connectivity index (χ3n) is 3.80. The van der Waals surface area contributed by atoms with Crippen molar-refractivity contribution in [3.63, 3.8) is 0 Å². The number of rotatable bonds is 5. The molecule has 114 valence electrons. The first kappa shape index (κ1) is 14.4. The molecule has 2 heterocycles. The molecule has 2 aromatic rings. The predicted octanol–water partition coefficient (Wildman–Crippen LogP) is 1.21. The van der Waals surface area contributed by atoms with Gasteiger partial charge in [-0.2, -0.15) is 0 Å². The van der Waals surface area contributed by atoms with Gasteiger partial charge in [-0.15, -0.1) is 0 Å². The molecule has 1 aliphatic carbocycles. The van der Waals surface area contributed by atoms with E-state index in [1.165, 1.54) is 12.8 Å². The van der Waals surface area contributed by atoms with Gasteiger partial charge in [0, 0.05) is 35.8 Å². The van der Waals surface area contributed by atoms with Crippen molar-refractivity contribution in [1.82, 2.24) is 20.3 Å². The summed E-state index contributed by atoms with van der Waals surface area (Å²) in [7, 11) is 0. The number of nitrogens with one attached hydrogen (secondary N) is 2. The molecule has 0 bridgehead atoms. The Hall–Kier alpha value is -2.50. The highest BCUT2D eigenvalue weighted by atomic mass is 16.2. The molecule has 2 N–H and O–H groups in total. The van der Waals surface area contributed by atoms with E-state index in [2.05, 4.69) is 20.3 Å².